The van der Waals surface area contributed by atoms with E-state index in [-0.39, 0.29) is 17.4 Å². The van der Waals surface area contributed by atoms with Crippen LogP contribution in [0.1, 0.15) is 10.4 Å². The smallest absolute Gasteiger partial charge is 0.342 e. The first-order valence-corrected chi connectivity index (χ1v) is 6.03. The summed E-state index contributed by atoms with van der Waals surface area (Å²) in [7, 11) is 0. The summed E-state index contributed by atoms with van der Waals surface area (Å²) in [6.07, 6.45) is -0.211. The van der Waals surface area contributed by atoms with Crippen molar-refractivity contribution < 1.29 is 24.3 Å². The molecule has 0 bridgehead atoms. The lowest BCUT2D eigenvalue weighted by atomic mass is 10.1. The van der Waals surface area contributed by atoms with Crippen LogP contribution in [0.3, 0.4) is 0 Å². The number of carboxylic acids is 1. The van der Waals surface area contributed by atoms with Crippen molar-refractivity contribution in [3.05, 3.63) is 33.9 Å². The van der Waals surface area contributed by atoms with Crippen molar-refractivity contribution in [2.75, 3.05) is 31.7 Å². The Morgan fingerprint density at radius 3 is 2.90 bits per heavy atom. The minimum atomic E-state index is -1.34. The number of nitrogens with zero attached hydrogens (tertiary/aromatic N) is 1. The summed E-state index contributed by atoms with van der Waals surface area (Å²) in [4.78, 5) is 21.3. The van der Waals surface area contributed by atoms with Crippen LogP contribution in [0, 0.1) is 10.1 Å². The van der Waals surface area contributed by atoms with Gasteiger partial charge in [0.15, 0.2) is 0 Å². The topological polar surface area (TPSA) is 111 Å². The van der Waals surface area contributed by atoms with Gasteiger partial charge in [0.1, 0.15) is 11.3 Å². The highest BCUT2D eigenvalue weighted by Gasteiger charge is 2.24. The van der Waals surface area contributed by atoms with Crippen LogP contribution in [0.5, 0.6) is 0 Å². The van der Waals surface area contributed by atoms with Crippen molar-refractivity contribution in [3.8, 4) is 0 Å². The largest absolute Gasteiger partial charge is 0.477 e. The van der Waals surface area contributed by atoms with Gasteiger partial charge in [-0.1, -0.05) is 6.07 Å². The van der Waals surface area contributed by atoms with Crippen LogP contribution in [0.25, 0.3) is 0 Å². The summed E-state index contributed by atoms with van der Waals surface area (Å²) in [5.74, 6) is -1.34. The number of benzene rings is 1. The Hall–Kier alpha value is -2.19. The fourth-order valence-electron chi connectivity index (χ4n) is 1.93. The molecule has 8 heteroatoms. The molecule has 1 unspecified atom stereocenters. The summed E-state index contributed by atoms with van der Waals surface area (Å²) in [5, 5.41) is 22.9. The number of carboxylic acid groups (broad SMARTS) is 1. The van der Waals surface area contributed by atoms with Crippen LogP contribution in [-0.2, 0) is 9.47 Å². The molecule has 2 rings (SSSR count). The average Bonchev–Trinajstić information content (AvgIpc) is 2.45. The lowest BCUT2D eigenvalue weighted by Gasteiger charge is -2.23. The minimum absolute atomic E-state index is 0.157. The zero-order valence-corrected chi connectivity index (χ0v) is 10.6. The molecular weight excluding hydrogens is 268 g/mol. The number of anilines is 1. The zero-order chi connectivity index (χ0) is 14.5. The number of nitro groups is 1. The number of hydrogen-bond acceptors (Lipinski definition) is 6. The van der Waals surface area contributed by atoms with E-state index in [4.69, 9.17) is 14.6 Å². The molecule has 1 atom stereocenters. The Morgan fingerprint density at radius 1 is 1.50 bits per heavy atom. The molecule has 1 fully saturated rings. The quantitative estimate of drug-likeness (QED) is 0.614. The van der Waals surface area contributed by atoms with Crippen molar-refractivity contribution in [2.45, 2.75) is 6.10 Å². The molecule has 1 aromatic rings. The van der Waals surface area contributed by atoms with Crippen molar-refractivity contribution in [1.29, 1.82) is 0 Å². The second-order valence-corrected chi connectivity index (χ2v) is 4.21. The van der Waals surface area contributed by atoms with Crippen LogP contribution in [0.15, 0.2) is 18.2 Å². The molecule has 20 heavy (non-hydrogen) atoms. The van der Waals surface area contributed by atoms with Gasteiger partial charge in [0.2, 0.25) is 0 Å². The number of nitrogens with one attached hydrogen (secondary N) is 1. The highest BCUT2D eigenvalue weighted by Crippen LogP contribution is 2.28. The first-order chi connectivity index (χ1) is 9.59. The SMILES string of the molecule is O=C(O)c1cccc(NCC2COCCO2)c1[N+](=O)[O-]. The van der Waals surface area contributed by atoms with Crippen LogP contribution >= 0.6 is 0 Å². The average molecular weight is 282 g/mol. The lowest BCUT2D eigenvalue weighted by molar-refractivity contribution is -0.384. The molecule has 1 aromatic carbocycles. The van der Waals surface area contributed by atoms with E-state index in [9.17, 15) is 14.9 Å². The van der Waals surface area contributed by atoms with Crippen molar-refractivity contribution in [3.63, 3.8) is 0 Å². The molecule has 1 aliphatic heterocycles. The number of para-hydroxylation sites is 1. The minimum Gasteiger partial charge on any atom is -0.477 e. The second kappa shape index (κ2) is 6.31. The number of carbonyl (C=O) groups is 1. The highest BCUT2D eigenvalue weighted by molar-refractivity contribution is 5.95. The fourth-order valence-corrected chi connectivity index (χ4v) is 1.93. The number of aromatic carboxylic acids is 1. The molecule has 1 heterocycles. The predicted molar refractivity (Wildman–Crippen MR) is 69.1 cm³/mol. The molecular formula is C12H14N2O6. The number of nitro benzene ring substituents is 1. The molecule has 8 nitrogen and oxygen atoms in total. The molecule has 0 aromatic heterocycles. The molecule has 0 amide bonds. The van der Waals surface area contributed by atoms with E-state index in [0.29, 0.717) is 26.4 Å². The van der Waals surface area contributed by atoms with E-state index >= 15 is 0 Å². The first-order valence-electron chi connectivity index (χ1n) is 6.03. The van der Waals surface area contributed by atoms with Gasteiger partial charge in [-0.3, -0.25) is 10.1 Å². The lowest BCUT2D eigenvalue weighted by Crippen LogP contribution is -2.34. The van der Waals surface area contributed by atoms with Gasteiger partial charge in [0.05, 0.1) is 30.8 Å². The Morgan fingerprint density at radius 2 is 2.30 bits per heavy atom. The summed E-state index contributed by atoms with van der Waals surface area (Å²) >= 11 is 0. The Kier molecular flexibility index (Phi) is 4.49. The van der Waals surface area contributed by atoms with Gasteiger partial charge in [-0.05, 0) is 12.1 Å². The molecule has 1 aliphatic rings. The van der Waals surface area contributed by atoms with E-state index in [1.54, 1.807) is 0 Å². The molecule has 1 saturated heterocycles. The maximum atomic E-state index is 11.0. The molecule has 0 saturated carbocycles. The van der Waals surface area contributed by atoms with Crippen molar-refractivity contribution in [1.82, 2.24) is 0 Å². The highest BCUT2D eigenvalue weighted by atomic mass is 16.6. The summed E-state index contributed by atoms with van der Waals surface area (Å²) in [6, 6.07) is 4.12. The fraction of sp³-hybridized carbons (Fsp3) is 0.417. The Balaban J connectivity index is 2.16. The van der Waals surface area contributed by atoms with Gasteiger partial charge in [-0.25, -0.2) is 4.79 Å². The van der Waals surface area contributed by atoms with Gasteiger partial charge in [0.25, 0.3) is 0 Å². The van der Waals surface area contributed by atoms with Gasteiger partial charge in [0, 0.05) is 6.54 Å². The van der Waals surface area contributed by atoms with Gasteiger partial charge < -0.3 is 19.9 Å². The van der Waals surface area contributed by atoms with Crippen LogP contribution in [0.2, 0.25) is 0 Å². The maximum absolute atomic E-state index is 11.0. The van der Waals surface area contributed by atoms with E-state index < -0.39 is 16.6 Å². The third-order valence-corrected chi connectivity index (χ3v) is 2.85. The van der Waals surface area contributed by atoms with Gasteiger partial charge in [-0.2, -0.15) is 0 Å². The molecule has 0 spiro atoms. The second-order valence-electron chi connectivity index (χ2n) is 4.21. The van der Waals surface area contributed by atoms with E-state index in [1.165, 1.54) is 18.2 Å². The number of ether oxygens (including phenoxy) is 2. The third-order valence-electron chi connectivity index (χ3n) is 2.85. The van der Waals surface area contributed by atoms with Gasteiger partial charge >= 0.3 is 11.7 Å². The monoisotopic (exact) mass is 282 g/mol. The van der Waals surface area contributed by atoms with E-state index in [2.05, 4.69) is 5.32 Å². The normalized spacial score (nSPS) is 18.5. The van der Waals surface area contributed by atoms with Crippen molar-refractivity contribution >= 4 is 17.3 Å². The summed E-state index contributed by atoms with van der Waals surface area (Å²) < 4.78 is 10.6. The molecule has 2 N–H and O–H groups in total. The number of hydrogen-bond donors (Lipinski definition) is 2. The molecule has 108 valence electrons. The van der Waals surface area contributed by atoms with Gasteiger partial charge in [-0.15, -0.1) is 0 Å². The maximum Gasteiger partial charge on any atom is 0.342 e. The summed E-state index contributed by atoms with van der Waals surface area (Å²) in [6.45, 7) is 1.72. The van der Waals surface area contributed by atoms with Crippen LogP contribution < -0.4 is 5.32 Å². The first kappa shape index (κ1) is 14.2. The van der Waals surface area contributed by atoms with Crippen LogP contribution in [0.4, 0.5) is 11.4 Å². The third kappa shape index (κ3) is 3.22. The Bertz CT molecular complexity index is 513. The molecule has 0 radical (unpaired) electrons. The van der Waals surface area contributed by atoms with E-state index in [0.717, 1.165) is 0 Å². The van der Waals surface area contributed by atoms with E-state index in [1.807, 2.05) is 0 Å². The van der Waals surface area contributed by atoms with Crippen molar-refractivity contribution in [2.24, 2.45) is 0 Å². The number of rotatable bonds is 5. The predicted octanol–water partition coefficient (Wildman–Crippen LogP) is 1.12. The zero-order valence-electron chi connectivity index (χ0n) is 10.6. The molecule has 0 aliphatic carbocycles. The summed E-state index contributed by atoms with van der Waals surface area (Å²) in [5.41, 5.74) is -0.637. The standard InChI is InChI=1S/C12H14N2O6/c15-12(16)9-2-1-3-10(11(9)14(17)18)13-6-8-7-19-4-5-20-8/h1-3,8,13H,4-7H2,(H,15,16). The van der Waals surface area contributed by atoms with Crippen LogP contribution in [-0.4, -0.2) is 48.5 Å². The Labute approximate surface area is 114 Å².